The number of amides is 1. The molecule has 0 unspecified atom stereocenters. The molecule has 162 valence electrons. The number of aromatic nitrogens is 5. The Morgan fingerprint density at radius 2 is 1.82 bits per heavy atom. The van der Waals surface area contributed by atoms with Crippen molar-refractivity contribution < 1.29 is 9.18 Å². The summed E-state index contributed by atoms with van der Waals surface area (Å²) in [4.78, 5) is 21.1. The number of nitrogens with zero attached hydrogens (tertiary/aromatic N) is 5. The Bertz CT molecular complexity index is 1360. The minimum Gasteiger partial charge on any atom is -0.348 e. The number of carbonyl (C=O) groups is 1. The van der Waals surface area contributed by atoms with Crippen LogP contribution in [0.15, 0.2) is 97.8 Å². The van der Waals surface area contributed by atoms with Gasteiger partial charge in [-0.1, -0.05) is 18.2 Å². The van der Waals surface area contributed by atoms with Gasteiger partial charge in [-0.15, -0.1) is 0 Å². The number of hydrogen-bond acceptors (Lipinski definition) is 4. The van der Waals surface area contributed by atoms with Gasteiger partial charge in [-0.25, -0.2) is 19.0 Å². The van der Waals surface area contributed by atoms with Crippen LogP contribution < -0.4 is 5.32 Å². The number of hydrogen-bond donors (Lipinski definition) is 1. The molecule has 33 heavy (non-hydrogen) atoms. The summed E-state index contributed by atoms with van der Waals surface area (Å²) in [6, 6.07) is 19.3. The van der Waals surface area contributed by atoms with Gasteiger partial charge in [-0.2, -0.15) is 5.10 Å². The second-order valence-electron chi connectivity index (χ2n) is 7.35. The van der Waals surface area contributed by atoms with Gasteiger partial charge in [0.25, 0.3) is 5.91 Å². The Labute approximate surface area is 189 Å². The molecule has 0 aliphatic carbocycles. The first-order valence-corrected chi connectivity index (χ1v) is 10.3. The van der Waals surface area contributed by atoms with Crippen molar-refractivity contribution in [1.29, 1.82) is 0 Å². The van der Waals surface area contributed by atoms with Crippen LogP contribution in [0.4, 0.5) is 4.39 Å². The fraction of sp³-hybridized carbons (Fsp3) is 0.0400. The number of carbonyl (C=O) groups excluding carboxylic acids is 1. The molecule has 0 saturated carbocycles. The predicted octanol–water partition coefficient (Wildman–Crippen LogP) is 4.19. The number of para-hydroxylation sites is 1. The van der Waals surface area contributed by atoms with Crippen LogP contribution in [-0.4, -0.2) is 30.2 Å². The van der Waals surface area contributed by atoms with E-state index >= 15 is 0 Å². The molecule has 7 nitrogen and oxygen atoms in total. The van der Waals surface area contributed by atoms with Crippen LogP contribution >= 0.6 is 0 Å². The molecule has 1 amide bonds. The van der Waals surface area contributed by atoms with Crippen molar-refractivity contribution in [3.63, 3.8) is 0 Å². The molecule has 0 bridgehead atoms. The third-order valence-electron chi connectivity index (χ3n) is 5.15. The van der Waals surface area contributed by atoms with Crippen molar-refractivity contribution in [2.45, 2.75) is 6.54 Å². The number of halogens is 1. The van der Waals surface area contributed by atoms with Crippen molar-refractivity contribution in [3.8, 4) is 22.8 Å². The van der Waals surface area contributed by atoms with Gasteiger partial charge in [0.15, 0.2) is 0 Å². The summed E-state index contributed by atoms with van der Waals surface area (Å²) < 4.78 is 16.9. The quantitative estimate of drug-likeness (QED) is 0.431. The fourth-order valence-corrected chi connectivity index (χ4v) is 3.45. The van der Waals surface area contributed by atoms with Gasteiger partial charge in [0, 0.05) is 42.5 Å². The Hall–Kier alpha value is -4.59. The maximum atomic E-state index is 13.4. The smallest absolute Gasteiger partial charge is 0.253 e. The largest absolute Gasteiger partial charge is 0.348 e. The van der Waals surface area contributed by atoms with Gasteiger partial charge in [-0.3, -0.25) is 9.36 Å². The summed E-state index contributed by atoms with van der Waals surface area (Å²) in [5.41, 5.74) is 3.58. The van der Waals surface area contributed by atoms with Crippen LogP contribution in [-0.2, 0) is 6.54 Å². The molecule has 2 aromatic carbocycles. The molecule has 5 aromatic rings. The van der Waals surface area contributed by atoms with Gasteiger partial charge >= 0.3 is 0 Å². The first-order valence-electron chi connectivity index (χ1n) is 10.3. The van der Waals surface area contributed by atoms with E-state index < -0.39 is 0 Å². The lowest BCUT2D eigenvalue weighted by Crippen LogP contribution is -2.23. The van der Waals surface area contributed by atoms with Crippen molar-refractivity contribution in [1.82, 2.24) is 29.6 Å². The Kier molecular flexibility index (Phi) is 5.47. The zero-order valence-corrected chi connectivity index (χ0v) is 17.5. The number of rotatable bonds is 6. The molecule has 0 radical (unpaired) electrons. The summed E-state index contributed by atoms with van der Waals surface area (Å²) in [7, 11) is 0. The molecule has 0 fully saturated rings. The van der Waals surface area contributed by atoms with Crippen LogP contribution in [0, 0.1) is 5.82 Å². The van der Waals surface area contributed by atoms with E-state index in [0.717, 1.165) is 16.8 Å². The van der Waals surface area contributed by atoms with Gasteiger partial charge in [0.05, 0.1) is 16.9 Å². The van der Waals surface area contributed by atoms with E-state index in [2.05, 4.69) is 15.3 Å². The van der Waals surface area contributed by atoms with Gasteiger partial charge < -0.3 is 5.32 Å². The third kappa shape index (κ3) is 4.40. The molecule has 0 saturated heterocycles. The predicted molar refractivity (Wildman–Crippen MR) is 121 cm³/mol. The summed E-state index contributed by atoms with van der Waals surface area (Å²) >= 11 is 0. The normalized spacial score (nSPS) is 10.8. The highest BCUT2D eigenvalue weighted by Crippen LogP contribution is 2.24. The van der Waals surface area contributed by atoms with Crippen molar-refractivity contribution in [2.75, 3.05) is 0 Å². The molecule has 3 aromatic heterocycles. The van der Waals surface area contributed by atoms with E-state index in [1.807, 2.05) is 36.5 Å². The Balaban J connectivity index is 1.38. The molecule has 0 aliphatic rings. The first kappa shape index (κ1) is 20.3. The molecule has 1 N–H and O–H groups in total. The zero-order chi connectivity index (χ0) is 22.6. The second kappa shape index (κ2) is 8.88. The van der Waals surface area contributed by atoms with E-state index in [-0.39, 0.29) is 18.3 Å². The Morgan fingerprint density at radius 1 is 1.00 bits per heavy atom. The van der Waals surface area contributed by atoms with E-state index in [9.17, 15) is 9.18 Å². The molecule has 8 heteroatoms. The average Bonchev–Trinajstić information content (AvgIpc) is 3.54. The van der Waals surface area contributed by atoms with E-state index in [1.165, 1.54) is 18.3 Å². The molecular weight excluding hydrogens is 419 g/mol. The molecule has 3 heterocycles. The SMILES string of the molecule is O=C(NCc1cn(-c2ccccc2)nc1-c1ccc(F)cc1)c1ccc(-n2ccnc2)nc1. The summed E-state index contributed by atoms with van der Waals surface area (Å²) in [5, 5.41) is 7.62. The molecular formula is C25H19FN6O. The fourth-order valence-electron chi connectivity index (χ4n) is 3.45. The highest BCUT2D eigenvalue weighted by atomic mass is 19.1. The lowest BCUT2D eigenvalue weighted by atomic mass is 10.1. The maximum Gasteiger partial charge on any atom is 0.253 e. The minimum absolute atomic E-state index is 0.252. The number of imidazole rings is 1. The third-order valence-corrected chi connectivity index (χ3v) is 5.15. The van der Waals surface area contributed by atoms with E-state index in [4.69, 9.17) is 5.10 Å². The summed E-state index contributed by atoms with van der Waals surface area (Å²) in [6.07, 6.45) is 8.48. The number of nitrogens with one attached hydrogen (secondary N) is 1. The van der Waals surface area contributed by atoms with Crippen LogP contribution in [0.5, 0.6) is 0 Å². The van der Waals surface area contributed by atoms with Crippen LogP contribution in [0.2, 0.25) is 0 Å². The van der Waals surface area contributed by atoms with Crippen molar-refractivity contribution in [3.05, 3.63) is 115 Å². The minimum atomic E-state index is -0.317. The van der Waals surface area contributed by atoms with Crippen molar-refractivity contribution >= 4 is 5.91 Å². The summed E-state index contributed by atoms with van der Waals surface area (Å²) in [5.74, 6) is 0.103. The number of benzene rings is 2. The van der Waals surface area contributed by atoms with Crippen LogP contribution in [0.25, 0.3) is 22.8 Å². The first-order chi connectivity index (χ1) is 16.2. The van der Waals surface area contributed by atoms with Crippen LogP contribution in [0.3, 0.4) is 0 Å². The standard InChI is InChI=1S/C25H19FN6O/c26-21-9-6-18(7-10-21)24-20(16-32(30-24)22-4-2-1-3-5-22)15-29-25(33)19-8-11-23(28-14-19)31-13-12-27-17-31/h1-14,16-17H,15H2,(H,29,33). The maximum absolute atomic E-state index is 13.4. The molecule has 0 spiro atoms. The lowest BCUT2D eigenvalue weighted by molar-refractivity contribution is 0.0950. The van der Waals surface area contributed by atoms with Crippen LogP contribution in [0.1, 0.15) is 15.9 Å². The lowest BCUT2D eigenvalue weighted by Gasteiger charge is -2.07. The van der Waals surface area contributed by atoms with Gasteiger partial charge in [0.1, 0.15) is 18.0 Å². The van der Waals surface area contributed by atoms with E-state index in [1.54, 1.807) is 52.2 Å². The highest BCUT2D eigenvalue weighted by molar-refractivity contribution is 5.94. The molecule has 5 rings (SSSR count). The topological polar surface area (TPSA) is 77.6 Å². The number of pyridine rings is 1. The van der Waals surface area contributed by atoms with Gasteiger partial charge in [0.2, 0.25) is 0 Å². The Morgan fingerprint density at radius 3 is 2.52 bits per heavy atom. The summed E-state index contributed by atoms with van der Waals surface area (Å²) in [6.45, 7) is 0.252. The molecule has 0 aliphatic heterocycles. The molecule has 0 atom stereocenters. The van der Waals surface area contributed by atoms with Gasteiger partial charge in [-0.05, 0) is 48.5 Å². The van der Waals surface area contributed by atoms with E-state index in [0.29, 0.717) is 17.1 Å². The van der Waals surface area contributed by atoms with Crippen molar-refractivity contribution in [2.24, 2.45) is 0 Å². The highest BCUT2D eigenvalue weighted by Gasteiger charge is 2.14. The monoisotopic (exact) mass is 438 g/mol. The average molecular weight is 438 g/mol. The zero-order valence-electron chi connectivity index (χ0n) is 17.5. The second-order valence-corrected chi connectivity index (χ2v) is 7.35.